The van der Waals surface area contributed by atoms with Gasteiger partial charge in [-0.05, 0) is 23.9 Å². The first-order valence-corrected chi connectivity index (χ1v) is 6.11. The molecule has 6 heteroatoms. The second kappa shape index (κ2) is 3.81. The number of hydrogen-bond acceptors (Lipinski definition) is 5. The highest BCUT2D eigenvalue weighted by molar-refractivity contribution is 7.13. The van der Waals surface area contributed by atoms with E-state index in [1.54, 1.807) is 17.5 Å². The fourth-order valence-corrected chi connectivity index (χ4v) is 2.66. The van der Waals surface area contributed by atoms with Crippen LogP contribution >= 0.6 is 11.3 Å². The molecule has 3 rings (SSSR count). The Hall–Kier alpha value is -1.95. The summed E-state index contributed by atoms with van der Waals surface area (Å²) >= 11 is 1.68. The molecule has 2 N–H and O–H groups in total. The van der Waals surface area contributed by atoms with E-state index in [9.17, 15) is 0 Å². The van der Waals surface area contributed by atoms with Crippen LogP contribution in [0.15, 0.2) is 17.6 Å². The second-order valence-electron chi connectivity index (χ2n) is 3.71. The van der Waals surface area contributed by atoms with Crippen molar-refractivity contribution >= 4 is 28.3 Å². The van der Waals surface area contributed by atoms with E-state index in [4.69, 9.17) is 0 Å². The van der Waals surface area contributed by atoms with Gasteiger partial charge in [0.25, 0.3) is 0 Å². The van der Waals surface area contributed by atoms with Gasteiger partial charge in [0, 0.05) is 7.05 Å². The summed E-state index contributed by atoms with van der Waals surface area (Å²) < 4.78 is 0. The average Bonchev–Trinajstić information content (AvgIpc) is 2.95. The number of fused-ring (bicyclic) bond motifs is 1. The SMILES string of the molecule is CNc1nc(-c2sccc2C)c2cn[nH]c2n1. The van der Waals surface area contributed by atoms with Crippen molar-refractivity contribution in [3.63, 3.8) is 0 Å². The summed E-state index contributed by atoms with van der Waals surface area (Å²) in [4.78, 5) is 10.0. The summed E-state index contributed by atoms with van der Waals surface area (Å²) in [6.45, 7) is 2.08. The van der Waals surface area contributed by atoms with E-state index in [2.05, 4.69) is 43.9 Å². The van der Waals surface area contributed by atoms with E-state index < -0.39 is 0 Å². The van der Waals surface area contributed by atoms with E-state index in [0.29, 0.717) is 5.95 Å². The Labute approximate surface area is 102 Å². The third-order valence-corrected chi connectivity index (χ3v) is 3.63. The molecular weight excluding hydrogens is 234 g/mol. The fraction of sp³-hybridized carbons (Fsp3) is 0.182. The second-order valence-corrected chi connectivity index (χ2v) is 4.63. The molecule has 5 nitrogen and oxygen atoms in total. The number of thiophene rings is 1. The molecule has 3 heterocycles. The van der Waals surface area contributed by atoms with Gasteiger partial charge >= 0.3 is 0 Å². The Morgan fingerprint density at radius 3 is 2.94 bits per heavy atom. The lowest BCUT2D eigenvalue weighted by molar-refractivity contribution is 1.09. The third kappa shape index (κ3) is 1.57. The molecule has 3 aromatic heterocycles. The smallest absolute Gasteiger partial charge is 0.225 e. The summed E-state index contributed by atoms with van der Waals surface area (Å²) in [6.07, 6.45) is 1.77. The van der Waals surface area contributed by atoms with Crippen LogP contribution in [0.1, 0.15) is 5.56 Å². The van der Waals surface area contributed by atoms with Crippen LogP contribution in [-0.2, 0) is 0 Å². The zero-order valence-electron chi connectivity index (χ0n) is 9.48. The van der Waals surface area contributed by atoms with Crippen LogP contribution in [0.3, 0.4) is 0 Å². The van der Waals surface area contributed by atoms with Crippen LogP contribution in [0.5, 0.6) is 0 Å². The molecule has 0 spiro atoms. The standard InChI is InChI=1S/C11H11N5S/c1-6-3-4-17-9(6)8-7-5-13-16-10(7)15-11(12-2)14-8/h3-5H,1-2H3,(H2,12,13,14,15,16). The maximum absolute atomic E-state index is 4.52. The van der Waals surface area contributed by atoms with Crippen LogP contribution in [0.25, 0.3) is 21.6 Å². The maximum atomic E-state index is 4.52. The van der Waals surface area contributed by atoms with Crippen LogP contribution in [0.4, 0.5) is 5.95 Å². The highest BCUT2D eigenvalue weighted by Crippen LogP contribution is 2.32. The summed E-state index contributed by atoms with van der Waals surface area (Å²) in [5, 5.41) is 12.9. The van der Waals surface area contributed by atoms with Gasteiger partial charge in [0.2, 0.25) is 5.95 Å². The normalized spacial score (nSPS) is 10.9. The number of aromatic amines is 1. The Kier molecular flexibility index (Phi) is 2.29. The van der Waals surface area contributed by atoms with Gasteiger partial charge in [-0.2, -0.15) is 10.1 Å². The monoisotopic (exact) mass is 245 g/mol. The zero-order valence-corrected chi connectivity index (χ0v) is 10.3. The van der Waals surface area contributed by atoms with Gasteiger partial charge in [0.15, 0.2) is 5.65 Å². The van der Waals surface area contributed by atoms with Crippen LogP contribution in [0, 0.1) is 6.92 Å². The van der Waals surface area contributed by atoms with E-state index in [1.165, 1.54) is 5.56 Å². The van der Waals surface area contributed by atoms with Gasteiger partial charge in [-0.15, -0.1) is 11.3 Å². The van der Waals surface area contributed by atoms with E-state index in [0.717, 1.165) is 21.6 Å². The summed E-state index contributed by atoms with van der Waals surface area (Å²) in [5.74, 6) is 0.601. The number of aromatic nitrogens is 4. The predicted octanol–water partition coefficient (Wildman–Crippen LogP) is 2.43. The average molecular weight is 245 g/mol. The quantitative estimate of drug-likeness (QED) is 0.727. The molecule has 0 bridgehead atoms. The number of nitrogens with one attached hydrogen (secondary N) is 2. The van der Waals surface area contributed by atoms with E-state index in [-0.39, 0.29) is 0 Å². The number of rotatable bonds is 2. The molecule has 0 fully saturated rings. The van der Waals surface area contributed by atoms with Gasteiger partial charge in [0.05, 0.1) is 22.2 Å². The van der Waals surface area contributed by atoms with Gasteiger partial charge in [-0.3, -0.25) is 5.10 Å². The first-order valence-electron chi connectivity index (χ1n) is 5.23. The molecule has 0 aliphatic carbocycles. The summed E-state index contributed by atoms with van der Waals surface area (Å²) in [5.41, 5.74) is 2.91. The van der Waals surface area contributed by atoms with Crippen molar-refractivity contribution in [2.45, 2.75) is 6.92 Å². The largest absolute Gasteiger partial charge is 0.357 e. The Balaban J connectivity index is 2.34. The molecule has 3 aromatic rings. The number of aryl methyl sites for hydroxylation is 1. The highest BCUT2D eigenvalue weighted by Gasteiger charge is 2.13. The minimum absolute atomic E-state index is 0.601. The lowest BCUT2D eigenvalue weighted by atomic mass is 10.2. The van der Waals surface area contributed by atoms with Gasteiger partial charge in [0.1, 0.15) is 0 Å². The van der Waals surface area contributed by atoms with Crippen molar-refractivity contribution in [2.75, 3.05) is 12.4 Å². The Morgan fingerprint density at radius 1 is 1.35 bits per heavy atom. The highest BCUT2D eigenvalue weighted by atomic mass is 32.1. The minimum Gasteiger partial charge on any atom is -0.357 e. The molecule has 0 saturated carbocycles. The molecule has 0 atom stereocenters. The lowest BCUT2D eigenvalue weighted by Gasteiger charge is -2.04. The van der Waals surface area contributed by atoms with Crippen molar-refractivity contribution in [1.82, 2.24) is 20.2 Å². The predicted molar refractivity (Wildman–Crippen MR) is 69.3 cm³/mol. The molecule has 86 valence electrons. The van der Waals surface area contributed by atoms with E-state index >= 15 is 0 Å². The molecule has 0 amide bonds. The van der Waals surface area contributed by atoms with Crippen molar-refractivity contribution in [3.05, 3.63) is 23.2 Å². The van der Waals surface area contributed by atoms with E-state index in [1.807, 2.05) is 7.05 Å². The summed E-state index contributed by atoms with van der Waals surface area (Å²) in [6, 6.07) is 2.09. The minimum atomic E-state index is 0.601. The molecule has 0 saturated heterocycles. The van der Waals surface area contributed by atoms with Crippen molar-refractivity contribution in [1.29, 1.82) is 0 Å². The molecule has 0 unspecified atom stereocenters. The van der Waals surface area contributed by atoms with Crippen LogP contribution in [-0.4, -0.2) is 27.2 Å². The van der Waals surface area contributed by atoms with Crippen molar-refractivity contribution in [2.24, 2.45) is 0 Å². The fourth-order valence-electron chi connectivity index (χ4n) is 1.74. The number of nitrogens with zero attached hydrogens (tertiary/aromatic N) is 3. The number of hydrogen-bond donors (Lipinski definition) is 2. The first-order chi connectivity index (χ1) is 8.29. The number of anilines is 1. The van der Waals surface area contributed by atoms with Gasteiger partial charge < -0.3 is 5.32 Å². The van der Waals surface area contributed by atoms with Gasteiger partial charge in [-0.25, -0.2) is 4.98 Å². The van der Waals surface area contributed by atoms with Crippen molar-refractivity contribution in [3.8, 4) is 10.6 Å². The van der Waals surface area contributed by atoms with Crippen molar-refractivity contribution < 1.29 is 0 Å². The topological polar surface area (TPSA) is 66.5 Å². The molecule has 0 aliphatic rings. The molecule has 17 heavy (non-hydrogen) atoms. The summed E-state index contributed by atoms with van der Waals surface area (Å²) in [7, 11) is 1.81. The Bertz CT molecular complexity index is 669. The van der Waals surface area contributed by atoms with Crippen LogP contribution < -0.4 is 5.32 Å². The maximum Gasteiger partial charge on any atom is 0.225 e. The molecule has 0 aliphatic heterocycles. The van der Waals surface area contributed by atoms with Crippen LogP contribution in [0.2, 0.25) is 0 Å². The third-order valence-electron chi connectivity index (χ3n) is 2.61. The lowest BCUT2D eigenvalue weighted by Crippen LogP contribution is -1.98. The first kappa shape index (κ1) is 10.2. The zero-order chi connectivity index (χ0) is 11.8. The molecule has 0 aromatic carbocycles. The molecule has 0 radical (unpaired) electrons. The Morgan fingerprint density at radius 2 is 2.24 bits per heavy atom. The van der Waals surface area contributed by atoms with Gasteiger partial charge in [-0.1, -0.05) is 0 Å². The molecular formula is C11H11N5S. The number of H-pyrrole nitrogens is 1.